The highest BCUT2D eigenvalue weighted by Crippen LogP contribution is 2.36. The van der Waals surface area contributed by atoms with Gasteiger partial charge in [-0.15, -0.1) is 0 Å². The lowest BCUT2D eigenvalue weighted by Crippen LogP contribution is -2.24. The van der Waals surface area contributed by atoms with Gasteiger partial charge in [0.25, 0.3) is 5.89 Å². The third kappa shape index (κ3) is 3.65. The van der Waals surface area contributed by atoms with Crippen molar-refractivity contribution in [1.29, 1.82) is 0 Å². The van der Waals surface area contributed by atoms with Crippen LogP contribution in [0.3, 0.4) is 0 Å². The smallest absolute Gasteiger partial charge is 0.261 e. The van der Waals surface area contributed by atoms with Crippen molar-refractivity contribution in [1.82, 2.24) is 10.1 Å². The number of aryl methyl sites for hydroxylation is 1. The molecule has 0 aliphatic carbocycles. The summed E-state index contributed by atoms with van der Waals surface area (Å²) in [4.78, 5) is 18.8. The quantitative estimate of drug-likeness (QED) is 0.622. The van der Waals surface area contributed by atoms with E-state index in [0.29, 0.717) is 46.8 Å². The molecule has 4 rings (SSSR count). The third-order valence-electron chi connectivity index (χ3n) is 5.04. The Morgan fingerprint density at radius 1 is 1.17 bits per heavy atom. The summed E-state index contributed by atoms with van der Waals surface area (Å²) in [6.07, 6.45) is 0.310. The number of hydrogen-bond donors (Lipinski definition) is 0. The number of anilines is 1. The van der Waals surface area contributed by atoms with Crippen LogP contribution < -0.4 is 14.4 Å². The summed E-state index contributed by atoms with van der Waals surface area (Å²) in [5.41, 5.74) is 2.40. The monoisotopic (exact) mass is 413 g/mol. The highest BCUT2D eigenvalue weighted by Gasteiger charge is 2.35. The molecule has 1 atom stereocenters. The lowest BCUT2D eigenvalue weighted by Gasteiger charge is -2.17. The predicted molar refractivity (Wildman–Crippen MR) is 109 cm³/mol. The molecule has 0 N–H and O–H groups in total. The van der Waals surface area contributed by atoms with Crippen LogP contribution in [-0.4, -0.2) is 36.8 Å². The normalized spacial score (nSPS) is 16.3. The summed E-state index contributed by atoms with van der Waals surface area (Å²) < 4.78 is 16.1. The second kappa shape index (κ2) is 7.75. The van der Waals surface area contributed by atoms with Gasteiger partial charge in [0.05, 0.1) is 19.8 Å². The molecule has 0 saturated carbocycles. The molecule has 1 aliphatic heterocycles. The minimum atomic E-state index is -0.163. The van der Waals surface area contributed by atoms with E-state index in [1.807, 2.05) is 19.1 Å². The fourth-order valence-electron chi connectivity index (χ4n) is 3.37. The van der Waals surface area contributed by atoms with Gasteiger partial charge < -0.3 is 18.9 Å². The lowest BCUT2D eigenvalue weighted by molar-refractivity contribution is -0.117. The van der Waals surface area contributed by atoms with Crippen LogP contribution in [0.15, 0.2) is 40.9 Å². The molecule has 0 bridgehead atoms. The molecule has 2 heterocycles. The Morgan fingerprint density at radius 2 is 2.00 bits per heavy atom. The summed E-state index contributed by atoms with van der Waals surface area (Å²) in [5, 5.41) is 4.74. The maximum atomic E-state index is 12.6. The number of aromatic nitrogens is 2. The van der Waals surface area contributed by atoms with Gasteiger partial charge in [-0.25, -0.2) is 0 Å². The minimum absolute atomic E-state index is 0.00305. The van der Waals surface area contributed by atoms with Crippen LogP contribution in [0.5, 0.6) is 11.5 Å². The molecule has 1 fully saturated rings. The zero-order valence-corrected chi connectivity index (χ0v) is 17.1. The van der Waals surface area contributed by atoms with E-state index in [1.54, 1.807) is 43.4 Å². The van der Waals surface area contributed by atoms with Crippen molar-refractivity contribution in [2.45, 2.75) is 19.3 Å². The van der Waals surface area contributed by atoms with E-state index >= 15 is 0 Å². The zero-order valence-electron chi connectivity index (χ0n) is 16.3. The van der Waals surface area contributed by atoms with Gasteiger partial charge in [0.1, 0.15) is 11.5 Å². The molecule has 7 nitrogen and oxygen atoms in total. The number of halogens is 1. The fraction of sp³-hybridized carbons (Fsp3) is 0.286. The highest BCUT2D eigenvalue weighted by atomic mass is 35.5. The topological polar surface area (TPSA) is 77.7 Å². The van der Waals surface area contributed by atoms with Gasteiger partial charge in [-0.3, -0.25) is 4.79 Å². The predicted octanol–water partition coefficient (Wildman–Crippen LogP) is 4.24. The first-order valence-corrected chi connectivity index (χ1v) is 9.50. The second-order valence-electron chi connectivity index (χ2n) is 6.86. The first-order chi connectivity index (χ1) is 14.0. The Hall–Kier alpha value is -3.06. The van der Waals surface area contributed by atoms with Crippen LogP contribution in [0, 0.1) is 6.92 Å². The van der Waals surface area contributed by atoms with E-state index < -0.39 is 0 Å². The minimum Gasteiger partial charge on any atom is -0.497 e. The van der Waals surface area contributed by atoms with E-state index in [-0.39, 0.29) is 11.8 Å². The first kappa shape index (κ1) is 19.3. The van der Waals surface area contributed by atoms with E-state index in [2.05, 4.69) is 10.1 Å². The molecule has 2 aromatic carbocycles. The van der Waals surface area contributed by atoms with Gasteiger partial charge >= 0.3 is 0 Å². The lowest BCUT2D eigenvalue weighted by atomic mass is 10.1. The Bertz CT molecular complexity index is 1070. The van der Waals surface area contributed by atoms with Gasteiger partial charge in [0, 0.05) is 35.7 Å². The van der Waals surface area contributed by atoms with Crippen molar-refractivity contribution in [3.63, 3.8) is 0 Å². The van der Waals surface area contributed by atoms with Crippen LogP contribution in [0.2, 0.25) is 5.02 Å². The number of benzene rings is 2. The molecule has 8 heteroatoms. The van der Waals surface area contributed by atoms with Crippen molar-refractivity contribution in [3.05, 3.63) is 52.8 Å². The number of nitrogens with zero attached hydrogens (tertiary/aromatic N) is 3. The summed E-state index contributed by atoms with van der Waals surface area (Å²) >= 11 is 6.22. The second-order valence-corrected chi connectivity index (χ2v) is 7.27. The average Bonchev–Trinajstić information content (AvgIpc) is 3.36. The van der Waals surface area contributed by atoms with E-state index in [9.17, 15) is 4.79 Å². The van der Waals surface area contributed by atoms with E-state index in [0.717, 1.165) is 11.3 Å². The number of carbonyl (C=O) groups excluding carboxylic acids is 1. The van der Waals surface area contributed by atoms with Crippen molar-refractivity contribution in [2.75, 3.05) is 25.7 Å². The molecule has 0 radical (unpaired) electrons. The Morgan fingerprint density at radius 3 is 2.72 bits per heavy atom. The molecule has 0 spiro atoms. The number of ether oxygens (including phenoxy) is 2. The van der Waals surface area contributed by atoms with Gasteiger partial charge in [-0.05, 0) is 36.8 Å². The van der Waals surface area contributed by atoms with Crippen molar-refractivity contribution in [3.8, 4) is 23.0 Å². The number of amides is 1. The molecule has 1 aromatic heterocycles. The number of carbonyl (C=O) groups is 1. The summed E-state index contributed by atoms with van der Waals surface area (Å²) in [5.74, 6) is 1.90. The molecule has 1 amide bonds. The summed E-state index contributed by atoms with van der Waals surface area (Å²) in [6, 6.07) is 11.0. The van der Waals surface area contributed by atoms with Crippen LogP contribution in [-0.2, 0) is 4.79 Å². The van der Waals surface area contributed by atoms with Crippen LogP contribution >= 0.6 is 11.6 Å². The number of hydrogen-bond acceptors (Lipinski definition) is 6. The van der Waals surface area contributed by atoms with Crippen LogP contribution in [0.25, 0.3) is 11.5 Å². The van der Waals surface area contributed by atoms with Gasteiger partial charge in [-0.1, -0.05) is 22.8 Å². The molecular weight excluding hydrogens is 394 g/mol. The highest BCUT2D eigenvalue weighted by molar-refractivity contribution is 6.31. The Kier molecular flexibility index (Phi) is 5.15. The van der Waals surface area contributed by atoms with E-state index in [4.69, 9.17) is 25.6 Å². The van der Waals surface area contributed by atoms with Crippen LogP contribution in [0.1, 0.15) is 23.7 Å². The van der Waals surface area contributed by atoms with Crippen molar-refractivity contribution >= 4 is 23.2 Å². The Balaban J connectivity index is 1.57. The SMILES string of the molecule is COc1ccc(-c2nc(C3CC(=O)N(c4ccc(C)c(Cl)c4)C3)no2)c(OC)c1. The molecule has 29 heavy (non-hydrogen) atoms. The molecule has 1 unspecified atom stereocenters. The third-order valence-corrected chi connectivity index (χ3v) is 5.45. The fourth-order valence-corrected chi connectivity index (χ4v) is 3.54. The van der Waals surface area contributed by atoms with Gasteiger partial charge in [-0.2, -0.15) is 4.98 Å². The number of methoxy groups -OCH3 is 2. The summed E-state index contributed by atoms with van der Waals surface area (Å²) in [6.45, 7) is 2.39. The van der Waals surface area contributed by atoms with Crippen LogP contribution in [0.4, 0.5) is 5.69 Å². The zero-order chi connectivity index (χ0) is 20.5. The standard InChI is InChI=1S/C21H20ClN3O4/c1-12-4-5-14(9-17(12)22)25-11-13(8-19(25)26)20-23-21(29-24-20)16-7-6-15(27-2)10-18(16)28-3/h4-7,9-10,13H,8,11H2,1-3H3. The summed E-state index contributed by atoms with van der Waals surface area (Å²) in [7, 11) is 3.15. The largest absolute Gasteiger partial charge is 0.497 e. The maximum absolute atomic E-state index is 12.6. The maximum Gasteiger partial charge on any atom is 0.261 e. The first-order valence-electron chi connectivity index (χ1n) is 9.12. The van der Waals surface area contributed by atoms with Crippen molar-refractivity contribution < 1.29 is 18.8 Å². The number of rotatable bonds is 5. The Labute approximate surface area is 173 Å². The van der Waals surface area contributed by atoms with Gasteiger partial charge in [0.15, 0.2) is 5.82 Å². The molecular formula is C21H20ClN3O4. The molecule has 1 saturated heterocycles. The molecule has 1 aliphatic rings. The molecule has 3 aromatic rings. The average molecular weight is 414 g/mol. The van der Waals surface area contributed by atoms with E-state index in [1.165, 1.54) is 0 Å². The van der Waals surface area contributed by atoms with Gasteiger partial charge in [0.2, 0.25) is 5.91 Å². The van der Waals surface area contributed by atoms with Crippen molar-refractivity contribution in [2.24, 2.45) is 0 Å². The molecule has 150 valence electrons.